The van der Waals surface area contributed by atoms with Crippen LogP contribution in [0.3, 0.4) is 0 Å². The maximum atomic E-state index is 11.4. The molecule has 1 aliphatic heterocycles. The second kappa shape index (κ2) is 1.99. The molecule has 3 rings (SSSR count). The first-order valence-corrected chi connectivity index (χ1v) is 4.15. The van der Waals surface area contributed by atoms with Gasteiger partial charge in [-0.1, -0.05) is 18.2 Å². The highest BCUT2D eigenvalue weighted by molar-refractivity contribution is 5.98. The van der Waals surface area contributed by atoms with Crippen molar-refractivity contribution in [3.63, 3.8) is 0 Å². The maximum absolute atomic E-state index is 11.4. The number of ether oxygens (including phenoxy) is 1. The van der Waals surface area contributed by atoms with Crippen molar-refractivity contribution in [3.8, 4) is 0 Å². The predicted octanol–water partition coefficient (Wildman–Crippen LogP) is 1.14. The summed E-state index contributed by atoms with van der Waals surface area (Å²) in [7, 11) is 0. The van der Waals surface area contributed by atoms with Gasteiger partial charge in [0.25, 0.3) is 5.91 Å². The molecule has 0 radical (unpaired) electrons. The number of carbonyl (C=O) groups is 1. The maximum Gasteiger partial charge on any atom is 0.297 e. The van der Waals surface area contributed by atoms with Gasteiger partial charge in [0.1, 0.15) is 0 Å². The quantitative estimate of drug-likeness (QED) is 0.551. The molecule has 64 valence electrons. The summed E-state index contributed by atoms with van der Waals surface area (Å²) in [5.41, 5.74) is 1.46. The highest BCUT2D eigenvalue weighted by Gasteiger charge is 2.46. The van der Waals surface area contributed by atoms with Gasteiger partial charge in [-0.2, -0.15) is 4.99 Å². The molecule has 0 saturated heterocycles. The topological polar surface area (TPSA) is 38.7 Å². The van der Waals surface area contributed by atoms with Crippen molar-refractivity contribution in [3.05, 3.63) is 35.5 Å². The van der Waals surface area contributed by atoms with Gasteiger partial charge in [0.2, 0.25) is 5.60 Å². The fraction of sp³-hybridized carbons (Fsp3) is 0.200. The van der Waals surface area contributed by atoms with Crippen molar-refractivity contribution in [2.45, 2.75) is 12.0 Å². The number of aliphatic imine (C=N–C) groups is 1. The number of fused-ring (bicyclic) bond motifs is 1. The predicted molar refractivity (Wildman–Crippen MR) is 47.2 cm³/mol. The van der Waals surface area contributed by atoms with Crippen molar-refractivity contribution >= 4 is 12.3 Å². The standard InChI is InChI=1S/C10H7NO2/c12-9-10(13-6-11-9)4-7-2-1-3-8(7)5-10/h1-4,6H,5H2. The van der Waals surface area contributed by atoms with Gasteiger partial charge in [0.05, 0.1) is 0 Å². The Bertz CT molecular complexity index is 415. The van der Waals surface area contributed by atoms with Crippen LogP contribution in [0.25, 0.3) is 0 Å². The SMILES string of the molecule is O=C1N=COC12C=C1C=CC=C1C2. The van der Waals surface area contributed by atoms with Crippen molar-refractivity contribution in [2.75, 3.05) is 0 Å². The van der Waals surface area contributed by atoms with Crippen LogP contribution in [0.15, 0.2) is 40.4 Å². The van der Waals surface area contributed by atoms with Gasteiger partial charge >= 0.3 is 0 Å². The van der Waals surface area contributed by atoms with Gasteiger partial charge in [0, 0.05) is 6.42 Å². The van der Waals surface area contributed by atoms with Gasteiger partial charge in [-0.15, -0.1) is 0 Å². The van der Waals surface area contributed by atoms with E-state index in [9.17, 15) is 4.79 Å². The van der Waals surface area contributed by atoms with Crippen LogP contribution in [0, 0.1) is 0 Å². The fourth-order valence-electron chi connectivity index (χ4n) is 1.90. The van der Waals surface area contributed by atoms with Gasteiger partial charge in [-0.05, 0) is 17.2 Å². The Labute approximate surface area is 75.1 Å². The summed E-state index contributed by atoms with van der Waals surface area (Å²) in [6.07, 6.45) is 9.69. The summed E-state index contributed by atoms with van der Waals surface area (Å²) in [6, 6.07) is 0. The van der Waals surface area contributed by atoms with Crippen LogP contribution in [-0.2, 0) is 9.53 Å². The highest BCUT2D eigenvalue weighted by Crippen LogP contribution is 2.40. The molecule has 1 spiro atoms. The lowest BCUT2D eigenvalue weighted by Crippen LogP contribution is -2.31. The summed E-state index contributed by atoms with van der Waals surface area (Å²) >= 11 is 0. The summed E-state index contributed by atoms with van der Waals surface area (Å²) < 4.78 is 5.26. The fourth-order valence-corrected chi connectivity index (χ4v) is 1.90. The minimum atomic E-state index is -0.800. The zero-order chi connectivity index (χ0) is 8.89. The lowest BCUT2D eigenvalue weighted by Gasteiger charge is -2.16. The molecule has 3 heteroatoms. The molecule has 1 unspecified atom stereocenters. The molecule has 0 aromatic carbocycles. The second-order valence-corrected chi connectivity index (χ2v) is 3.37. The Hall–Kier alpha value is -1.64. The highest BCUT2D eigenvalue weighted by atomic mass is 16.5. The van der Waals surface area contributed by atoms with E-state index in [1.165, 1.54) is 12.0 Å². The summed E-state index contributed by atoms with van der Waals surface area (Å²) in [6.45, 7) is 0. The van der Waals surface area contributed by atoms with Crippen molar-refractivity contribution in [2.24, 2.45) is 4.99 Å². The monoisotopic (exact) mass is 173 g/mol. The van der Waals surface area contributed by atoms with E-state index in [4.69, 9.17) is 4.74 Å². The number of nitrogens with zero attached hydrogens (tertiary/aromatic N) is 1. The number of allylic oxidation sites excluding steroid dienone is 4. The third-order valence-electron chi connectivity index (χ3n) is 2.58. The van der Waals surface area contributed by atoms with Gasteiger partial charge in [0.15, 0.2) is 6.40 Å². The molecule has 1 atom stereocenters. The van der Waals surface area contributed by atoms with Crippen molar-refractivity contribution in [1.29, 1.82) is 0 Å². The first-order valence-electron chi connectivity index (χ1n) is 4.15. The number of carbonyl (C=O) groups excluding carboxylic acids is 1. The summed E-state index contributed by atoms with van der Waals surface area (Å²) in [5.74, 6) is -0.191. The van der Waals surface area contributed by atoms with Crippen molar-refractivity contribution in [1.82, 2.24) is 0 Å². The first kappa shape index (κ1) is 6.83. The minimum Gasteiger partial charge on any atom is -0.462 e. The molecule has 0 N–H and O–H groups in total. The van der Waals surface area contributed by atoms with Crippen LogP contribution in [0.4, 0.5) is 0 Å². The van der Waals surface area contributed by atoms with E-state index in [-0.39, 0.29) is 5.91 Å². The molecular formula is C10H7NO2. The average molecular weight is 173 g/mol. The van der Waals surface area contributed by atoms with E-state index in [0.717, 1.165) is 5.57 Å². The summed E-state index contributed by atoms with van der Waals surface area (Å²) in [5, 5.41) is 0. The second-order valence-electron chi connectivity index (χ2n) is 3.37. The van der Waals surface area contributed by atoms with Gasteiger partial charge < -0.3 is 4.74 Å². The van der Waals surface area contributed by atoms with Crippen LogP contribution >= 0.6 is 0 Å². The molecule has 3 nitrogen and oxygen atoms in total. The van der Waals surface area contributed by atoms with Crippen molar-refractivity contribution < 1.29 is 9.53 Å². The Morgan fingerprint density at radius 2 is 2.46 bits per heavy atom. The molecule has 1 heterocycles. The third-order valence-corrected chi connectivity index (χ3v) is 2.58. The molecule has 0 saturated carbocycles. The molecule has 3 aliphatic rings. The average Bonchev–Trinajstić information content (AvgIpc) is 2.69. The van der Waals surface area contributed by atoms with E-state index < -0.39 is 5.60 Å². The van der Waals surface area contributed by atoms with E-state index in [1.54, 1.807) is 0 Å². The normalized spacial score (nSPS) is 33.7. The molecular weight excluding hydrogens is 166 g/mol. The van der Waals surface area contributed by atoms with Crippen LogP contribution in [0.1, 0.15) is 6.42 Å². The number of rotatable bonds is 0. The van der Waals surface area contributed by atoms with Crippen LogP contribution < -0.4 is 0 Å². The molecule has 0 fully saturated rings. The van der Waals surface area contributed by atoms with E-state index in [1.807, 2.05) is 24.3 Å². The van der Waals surface area contributed by atoms with Crippen LogP contribution in [0.5, 0.6) is 0 Å². The molecule has 0 aromatic rings. The zero-order valence-corrected chi connectivity index (χ0v) is 6.86. The van der Waals surface area contributed by atoms with E-state index in [0.29, 0.717) is 6.42 Å². The van der Waals surface area contributed by atoms with Gasteiger partial charge in [-0.3, -0.25) is 4.79 Å². The van der Waals surface area contributed by atoms with Gasteiger partial charge in [-0.25, -0.2) is 0 Å². The molecule has 0 aromatic heterocycles. The Balaban J connectivity index is 2.07. The lowest BCUT2D eigenvalue weighted by atomic mass is 10.0. The Morgan fingerprint density at radius 3 is 3.15 bits per heavy atom. The van der Waals surface area contributed by atoms with Crippen LogP contribution in [0.2, 0.25) is 0 Å². The Kier molecular flexibility index (Phi) is 1.05. The first-order chi connectivity index (χ1) is 6.30. The van der Waals surface area contributed by atoms with Crippen LogP contribution in [-0.4, -0.2) is 17.9 Å². The minimum absolute atomic E-state index is 0.191. The molecule has 2 aliphatic carbocycles. The zero-order valence-electron chi connectivity index (χ0n) is 6.86. The largest absolute Gasteiger partial charge is 0.462 e. The number of amides is 1. The number of hydrogen-bond donors (Lipinski definition) is 0. The number of hydrogen-bond acceptors (Lipinski definition) is 2. The Morgan fingerprint density at radius 1 is 1.54 bits per heavy atom. The smallest absolute Gasteiger partial charge is 0.297 e. The third kappa shape index (κ3) is 0.736. The molecule has 1 amide bonds. The summed E-state index contributed by atoms with van der Waals surface area (Å²) in [4.78, 5) is 15.0. The van der Waals surface area contributed by atoms with E-state index in [2.05, 4.69) is 4.99 Å². The molecule has 0 bridgehead atoms. The lowest BCUT2D eigenvalue weighted by molar-refractivity contribution is -0.126. The molecule has 13 heavy (non-hydrogen) atoms. The van der Waals surface area contributed by atoms with E-state index >= 15 is 0 Å².